The zero-order valence-corrected chi connectivity index (χ0v) is 13.4. The second-order valence-corrected chi connectivity index (χ2v) is 6.59. The van der Waals surface area contributed by atoms with Crippen LogP contribution in [0.1, 0.15) is 91.9 Å². The van der Waals surface area contributed by atoms with Crippen LogP contribution in [0.4, 0.5) is 0 Å². The van der Waals surface area contributed by atoms with Crippen molar-refractivity contribution in [1.29, 1.82) is 0 Å². The number of rotatable bonds is 12. The summed E-state index contributed by atoms with van der Waals surface area (Å²) in [6.45, 7) is 10.1. The van der Waals surface area contributed by atoms with E-state index in [2.05, 4.69) is 27.7 Å². The van der Waals surface area contributed by atoms with Crippen LogP contribution in [0.15, 0.2) is 0 Å². The third-order valence-electron chi connectivity index (χ3n) is 4.44. The summed E-state index contributed by atoms with van der Waals surface area (Å²) in [6, 6.07) is 0. The van der Waals surface area contributed by atoms with Gasteiger partial charge in [0.1, 0.15) is 0 Å². The van der Waals surface area contributed by atoms with Crippen molar-refractivity contribution in [3.05, 3.63) is 0 Å². The molecular weight excluding hydrogens is 218 g/mol. The second kappa shape index (κ2) is 10.8. The molecular formula is C17H37N. The van der Waals surface area contributed by atoms with E-state index in [1.54, 1.807) is 0 Å². The quantitative estimate of drug-likeness (QED) is 0.456. The molecule has 18 heavy (non-hydrogen) atoms. The lowest BCUT2D eigenvalue weighted by Gasteiger charge is -2.33. The van der Waals surface area contributed by atoms with Gasteiger partial charge in [0.2, 0.25) is 0 Å². The zero-order chi connectivity index (χ0) is 13.9. The van der Waals surface area contributed by atoms with Crippen molar-refractivity contribution in [3.8, 4) is 0 Å². The van der Waals surface area contributed by atoms with Crippen LogP contribution in [0, 0.1) is 11.3 Å². The summed E-state index contributed by atoms with van der Waals surface area (Å²) < 4.78 is 0. The Bertz CT molecular complexity index is 162. The molecule has 2 N–H and O–H groups in total. The molecule has 0 aromatic rings. The fourth-order valence-corrected chi connectivity index (χ4v) is 2.73. The van der Waals surface area contributed by atoms with Crippen LogP contribution in [0.5, 0.6) is 0 Å². The fraction of sp³-hybridized carbons (Fsp3) is 1.00. The van der Waals surface area contributed by atoms with Crippen LogP contribution in [0.25, 0.3) is 0 Å². The molecule has 0 aliphatic rings. The van der Waals surface area contributed by atoms with E-state index in [1.807, 2.05) is 0 Å². The van der Waals surface area contributed by atoms with Crippen molar-refractivity contribution in [2.24, 2.45) is 17.1 Å². The molecule has 0 unspecified atom stereocenters. The Hall–Kier alpha value is -0.0400. The Balaban J connectivity index is 4.00. The van der Waals surface area contributed by atoms with E-state index in [9.17, 15) is 0 Å². The predicted octanol–water partition coefficient (Wildman–Crippen LogP) is 5.53. The lowest BCUT2D eigenvalue weighted by atomic mass is 9.73. The van der Waals surface area contributed by atoms with Gasteiger partial charge in [-0.25, -0.2) is 0 Å². The molecule has 0 spiro atoms. The molecule has 0 rings (SSSR count). The van der Waals surface area contributed by atoms with Gasteiger partial charge in [0, 0.05) is 0 Å². The first kappa shape index (κ1) is 18.0. The summed E-state index contributed by atoms with van der Waals surface area (Å²) in [5.41, 5.74) is 6.30. The topological polar surface area (TPSA) is 26.0 Å². The number of hydrogen-bond acceptors (Lipinski definition) is 1. The Morgan fingerprint density at radius 2 is 1.22 bits per heavy atom. The van der Waals surface area contributed by atoms with Gasteiger partial charge in [0.25, 0.3) is 0 Å². The van der Waals surface area contributed by atoms with E-state index in [1.165, 1.54) is 64.2 Å². The van der Waals surface area contributed by atoms with Crippen molar-refractivity contribution in [1.82, 2.24) is 0 Å². The van der Waals surface area contributed by atoms with Gasteiger partial charge in [-0.2, -0.15) is 0 Å². The molecule has 0 aromatic carbocycles. The van der Waals surface area contributed by atoms with E-state index in [0.29, 0.717) is 5.41 Å². The van der Waals surface area contributed by atoms with Crippen LogP contribution >= 0.6 is 0 Å². The molecule has 0 aliphatic carbocycles. The molecule has 0 radical (unpaired) electrons. The smallest absolute Gasteiger partial charge is 0.00232 e. The zero-order valence-electron chi connectivity index (χ0n) is 13.4. The van der Waals surface area contributed by atoms with Crippen LogP contribution in [0.2, 0.25) is 0 Å². The van der Waals surface area contributed by atoms with Crippen molar-refractivity contribution >= 4 is 0 Å². The monoisotopic (exact) mass is 255 g/mol. The highest BCUT2D eigenvalue weighted by Gasteiger charge is 2.26. The summed E-state index contributed by atoms with van der Waals surface area (Å²) in [5, 5.41) is 0. The van der Waals surface area contributed by atoms with Gasteiger partial charge < -0.3 is 5.73 Å². The molecule has 0 fully saturated rings. The highest BCUT2D eigenvalue weighted by molar-refractivity contribution is 4.79. The minimum absolute atomic E-state index is 0.332. The standard InChI is InChI=1S/C17H37N/c1-5-7-9-11-13-16(17(3,4)15-18)14-12-10-8-6-2/h16H,5-15,18H2,1-4H3. The predicted molar refractivity (Wildman–Crippen MR) is 83.8 cm³/mol. The van der Waals surface area contributed by atoms with E-state index in [4.69, 9.17) is 5.73 Å². The molecule has 0 aromatic heterocycles. The van der Waals surface area contributed by atoms with Gasteiger partial charge in [0.15, 0.2) is 0 Å². The van der Waals surface area contributed by atoms with Gasteiger partial charge in [0.05, 0.1) is 0 Å². The summed E-state index contributed by atoms with van der Waals surface area (Å²) >= 11 is 0. The highest BCUT2D eigenvalue weighted by Crippen LogP contribution is 2.34. The third-order valence-corrected chi connectivity index (χ3v) is 4.44. The maximum absolute atomic E-state index is 5.97. The molecule has 0 saturated carbocycles. The third kappa shape index (κ3) is 8.13. The minimum atomic E-state index is 0.332. The molecule has 1 nitrogen and oxygen atoms in total. The molecule has 1 heteroatoms. The van der Waals surface area contributed by atoms with Crippen LogP contribution in [-0.4, -0.2) is 6.54 Å². The molecule has 0 saturated heterocycles. The van der Waals surface area contributed by atoms with Crippen LogP contribution in [-0.2, 0) is 0 Å². The number of unbranched alkanes of at least 4 members (excludes halogenated alkanes) is 6. The van der Waals surface area contributed by atoms with Crippen molar-refractivity contribution in [2.45, 2.75) is 91.9 Å². The Morgan fingerprint density at radius 1 is 0.778 bits per heavy atom. The lowest BCUT2D eigenvalue weighted by Crippen LogP contribution is -2.32. The molecule has 110 valence electrons. The summed E-state index contributed by atoms with van der Waals surface area (Å²) in [7, 11) is 0. The Kier molecular flexibility index (Phi) is 10.8. The van der Waals surface area contributed by atoms with Crippen molar-refractivity contribution in [3.63, 3.8) is 0 Å². The average molecular weight is 255 g/mol. The van der Waals surface area contributed by atoms with E-state index >= 15 is 0 Å². The molecule has 0 atom stereocenters. The lowest BCUT2D eigenvalue weighted by molar-refractivity contribution is 0.186. The minimum Gasteiger partial charge on any atom is -0.330 e. The largest absolute Gasteiger partial charge is 0.330 e. The van der Waals surface area contributed by atoms with Gasteiger partial charge in [-0.3, -0.25) is 0 Å². The van der Waals surface area contributed by atoms with Crippen LogP contribution < -0.4 is 5.73 Å². The normalized spacial score (nSPS) is 12.3. The van der Waals surface area contributed by atoms with E-state index in [0.717, 1.165) is 12.5 Å². The molecule has 0 amide bonds. The maximum atomic E-state index is 5.97. The highest BCUT2D eigenvalue weighted by atomic mass is 14.6. The van der Waals surface area contributed by atoms with Gasteiger partial charge >= 0.3 is 0 Å². The van der Waals surface area contributed by atoms with E-state index in [-0.39, 0.29) is 0 Å². The van der Waals surface area contributed by atoms with E-state index < -0.39 is 0 Å². The number of nitrogens with two attached hydrogens (primary N) is 1. The first-order valence-corrected chi connectivity index (χ1v) is 8.28. The van der Waals surface area contributed by atoms with Gasteiger partial charge in [-0.05, 0) is 30.7 Å². The molecule has 0 bridgehead atoms. The number of hydrogen-bond donors (Lipinski definition) is 1. The van der Waals surface area contributed by atoms with Crippen LogP contribution in [0.3, 0.4) is 0 Å². The Labute approximate surface area is 116 Å². The van der Waals surface area contributed by atoms with Crippen molar-refractivity contribution < 1.29 is 0 Å². The van der Waals surface area contributed by atoms with Gasteiger partial charge in [-0.1, -0.05) is 79.1 Å². The molecule has 0 aliphatic heterocycles. The molecule has 0 heterocycles. The SMILES string of the molecule is CCCCCCC(CCCCCC)C(C)(C)CN. The second-order valence-electron chi connectivity index (χ2n) is 6.59. The summed E-state index contributed by atoms with van der Waals surface area (Å²) in [4.78, 5) is 0. The Morgan fingerprint density at radius 3 is 1.56 bits per heavy atom. The first-order chi connectivity index (χ1) is 8.58. The summed E-state index contributed by atoms with van der Waals surface area (Å²) in [6.07, 6.45) is 13.8. The fourth-order valence-electron chi connectivity index (χ4n) is 2.73. The first-order valence-electron chi connectivity index (χ1n) is 8.28. The van der Waals surface area contributed by atoms with Crippen molar-refractivity contribution in [2.75, 3.05) is 6.54 Å². The van der Waals surface area contributed by atoms with Gasteiger partial charge in [-0.15, -0.1) is 0 Å². The average Bonchev–Trinajstić information content (AvgIpc) is 2.36. The maximum Gasteiger partial charge on any atom is -0.00232 e. The summed E-state index contributed by atoms with van der Waals surface area (Å²) in [5.74, 6) is 0.830.